The zero-order valence-electron chi connectivity index (χ0n) is 24.3. The van der Waals surface area contributed by atoms with Crippen molar-refractivity contribution in [3.8, 4) is 11.1 Å². The fourth-order valence-corrected chi connectivity index (χ4v) is 6.61. The molecule has 45 heavy (non-hydrogen) atoms. The Kier molecular flexibility index (Phi) is 5.85. The van der Waals surface area contributed by atoms with Gasteiger partial charge in [-0.05, 0) is 56.9 Å². The number of fused-ring (bicyclic) bond motifs is 6. The molecule has 1 aromatic heterocycles. The van der Waals surface area contributed by atoms with E-state index in [0.29, 0.717) is 5.84 Å². The summed E-state index contributed by atoms with van der Waals surface area (Å²) in [5.74, 6) is 1.50. The monoisotopic (exact) mass is 577 g/mol. The van der Waals surface area contributed by atoms with Gasteiger partial charge in [-0.15, -0.1) is 0 Å². The van der Waals surface area contributed by atoms with Gasteiger partial charge in [0.05, 0.1) is 0 Å². The molecule has 7 aromatic carbocycles. The molecule has 0 aliphatic carbocycles. The number of amidine groups is 2. The summed E-state index contributed by atoms with van der Waals surface area (Å²) in [6.07, 6.45) is -0.346. The Hall–Kier alpha value is -6.00. The maximum atomic E-state index is 6.56. The molecular formula is C41H27N3O. The van der Waals surface area contributed by atoms with E-state index in [4.69, 9.17) is 14.4 Å². The van der Waals surface area contributed by atoms with Gasteiger partial charge >= 0.3 is 0 Å². The van der Waals surface area contributed by atoms with Crippen molar-refractivity contribution in [2.24, 2.45) is 9.98 Å². The van der Waals surface area contributed by atoms with Crippen LogP contribution in [0.3, 0.4) is 0 Å². The standard InChI is InChI=1S/C41H27N3O/c1-3-12-26(13-4-1)39-42-40(27-14-5-2-6-15-27)44-41(43-39)34-20-11-21-36-38(34)33-23-22-29(25-37(33)45-36)35-24-28-16-7-8-17-30(28)31-18-9-10-19-32(31)35/h1-25,41H,(H,42,43,44). The molecule has 0 bridgehead atoms. The Labute approximate surface area is 260 Å². The average Bonchev–Trinajstić information content (AvgIpc) is 3.50. The molecule has 1 aliphatic rings. The first kappa shape index (κ1) is 25.5. The Bertz CT molecular complexity index is 2460. The van der Waals surface area contributed by atoms with Crippen LogP contribution in [-0.4, -0.2) is 11.7 Å². The molecule has 2 heterocycles. The van der Waals surface area contributed by atoms with Crippen LogP contribution in [0, 0.1) is 0 Å². The smallest absolute Gasteiger partial charge is 0.159 e. The number of aliphatic imine (C=N–C) groups is 2. The van der Waals surface area contributed by atoms with E-state index < -0.39 is 0 Å². The van der Waals surface area contributed by atoms with Crippen molar-refractivity contribution in [1.82, 2.24) is 5.32 Å². The lowest BCUT2D eigenvalue weighted by Gasteiger charge is -2.24. The number of hydrogen-bond acceptors (Lipinski definition) is 4. The van der Waals surface area contributed by atoms with Gasteiger partial charge in [-0.25, -0.2) is 9.98 Å². The zero-order chi connectivity index (χ0) is 29.7. The van der Waals surface area contributed by atoms with Gasteiger partial charge in [0, 0.05) is 27.5 Å². The lowest BCUT2D eigenvalue weighted by atomic mass is 9.93. The number of hydrogen-bond donors (Lipinski definition) is 1. The second-order valence-corrected chi connectivity index (χ2v) is 11.4. The minimum Gasteiger partial charge on any atom is -0.456 e. The molecule has 0 saturated carbocycles. The molecule has 9 rings (SSSR count). The van der Waals surface area contributed by atoms with Crippen LogP contribution in [0.2, 0.25) is 0 Å². The maximum Gasteiger partial charge on any atom is 0.159 e. The van der Waals surface area contributed by atoms with Crippen LogP contribution < -0.4 is 5.32 Å². The van der Waals surface area contributed by atoms with Crippen LogP contribution in [0.4, 0.5) is 0 Å². The Balaban J connectivity index is 1.20. The molecule has 0 radical (unpaired) electrons. The first-order valence-corrected chi connectivity index (χ1v) is 15.2. The maximum absolute atomic E-state index is 6.56. The van der Waals surface area contributed by atoms with E-state index >= 15 is 0 Å². The minimum absolute atomic E-state index is 0.346. The normalized spacial score (nSPS) is 14.9. The van der Waals surface area contributed by atoms with Gasteiger partial charge in [0.2, 0.25) is 0 Å². The molecule has 1 atom stereocenters. The van der Waals surface area contributed by atoms with E-state index in [1.54, 1.807) is 0 Å². The molecule has 1 N–H and O–H groups in total. The van der Waals surface area contributed by atoms with Crippen LogP contribution in [0.25, 0.3) is 54.6 Å². The lowest BCUT2D eigenvalue weighted by molar-refractivity contribution is 0.662. The lowest BCUT2D eigenvalue weighted by Crippen LogP contribution is -2.33. The summed E-state index contributed by atoms with van der Waals surface area (Å²) < 4.78 is 6.56. The highest BCUT2D eigenvalue weighted by molar-refractivity contribution is 6.16. The van der Waals surface area contributed by atoms with Gasteiger partial charge in [-0.1, -0.05) is 127 Å². The van der Waals surface area contributed by atoms with Gasteiger partial charge < -0.3 is 9.73 Å². The first-order valence-electron chi connectivity index (χ1n) is 15.2. The summed E-state index contributed by atoms with van der Waals surface area (Å²) in [4.78, 5) is 10.1. The zero-order valence-corrected chi connectivity index (χ0v) is 24.3. The fourth-order valence-electron chi connectivity index (χ4n) is 6.61. The summed E-state index contributed by atoms with van der Waals surface area (Å²) in [5, 5.41) is 10.7. The van der Waals surface area contributed by atoms with Crippen molar-refractivity contribution in [1.29, 1.82) is 0 Å². The molecule has 212 valence electrons. The van der Waals surface area contributed by atoms with Gasteiger partial charge in [0.25, 0.3) is 0 Å². The van der Waals surface area contributed by atoms with Crippen molar-refractivity contribution in [2.45, 2.75) is 6.17 Å². The molecule has 0 saturated heterocycles. The minimum atomic E-state index is -0.346. The second-order valence-electron chi connectivity index (χ2n) is 11.4. The molecule has 0 spiro atoms. The third-order valence-electron chi connectivity index (χ3n) is 8.72. The SMILES string of the molecule is c1ccc(C2=NC(c3cccc4oc5cc(-c6cc7ccccc7c7ccccc67)ccc5c34)NC(c3ccccc3)=N2)cc1. The largest absolute Gasteiger partial charge is 0.456 e. The molecule has 1 aliphatic heterocycles. The highest BCUT2D eigenvalue weighted by Gasteiger charge is 2.24. The van der Waals surface area contributed by atoms with Crippen molar-refractivity contribution in [3.05, 3.63) is 168 Å². The number of nitrogens with zero attached hydrogens (tertiary/aromatic N) is 2. The van der Waals surface area contributed by atoms with E-state index in [1.165, 1.54) is 27.1 Å². The predicted octanol–water partition coefficient (Wildman–Crippen LogP) is 10.1. The number of furan rings is 1. The van der Waals surface area contributed by atoms with Crippen molar-refractivity contribution in [3.63, 3.8) is 0 Å². The van der Waals surface area contributed by atoms with Crippen molar-refractivity contribution in [2.75, 3.05) is 0 Å². The van der Waals surface area contributed by atoms with Crippen LogP contribution >= 0.6 is 0 Å². The summed E-state index contributed by atoms with van der Waals surface area (Å²) >= 11 is 0. The van der Waals surface area contributed by atoms with Crippen molar-refractivity contribution < 1.29 is 4.42 Å². The summed E-state index contributed by atoms with van der Waals surface area (Å²) in [7, 11) is 0. The van der Waals surface area contributed by atoms with Crippen LogP contribution in [0.15, 0.2) is 166 Å². The number of nitrogens with one attached hydrogen (secondary N) is 1. The Morgan fingerprint density at radius 1 is 0.511 bits per heavy atom. The van der Waals surface area contributed by atoms with E-state index in [2.05, 4.69) is 108 Å². The second kappa shape index (κ2) is 10.3. The third-order valence-corrected chi connectivity index (χ3v) is 8.72. The number of benzene rings is 7. The van der Waals surface area contributed by atoms with Gasteiger partial charge in [0.1, 0.15) is 23.2 Å². The molecule has 1 unspecified atom stereocenters. The van der Waals surface area contributed by atoms with Crippen molar-refractivity contribution >= 4 is 55.2 Å². The fraction of sp³-hybridized carbons (Fsp3) is 0.0244. The van der Waals surface area contributed by atoms with E-state index in [1.807, 2.05) is 48.5 Å². The van der Waals surface area contributed by atoms with Crippen LogP contribution in [-0.2, 0) is 0 Å². The summed E-state index contributed by atoms with van der Waals surface area (Å²) in [6, 6.07) is 52.7. The van der Waals surface area contributed by atoms with Gasteiger partial charge in [0.15, 0.2) is 5.84 Å². The molecule has 0 amide bonds. The Morgan fingerprint density at radius 2 is 1.22 bits per heavy atom. The van der Waals surface area contributed by atoms with E-state index in [9.17, 15) is 0 Å². The summed E-state index contributed by atoms with van der Waals surface area (Å²) in [6.45, 7) is 0. The van der Waals surface area contributed by atoms with Crippen LogP contribution in [0.1, 0.15) is 22.9 Å². The van der Waals surface area contributed by atoms with Gasteiger partial charge in [-0.2, -0.15) is 0 Å². The molecule has 4 nitrogen and oxygen atoms in total. The van der Waals surface area contributed by atoms with Crippen LogP contribution in [0.5, 0.6) is 0 Å². The summed E-state index contributed by atoms with van der Waals surface area (Å²) in [5.41, 5.74) is 7.06. The first-order chi connectivity index (χ1) is 22.3. The van der Waals surface area contributed by atoms with E-state index in [0.717, 1.165) is 50.0 Å². The molecule has 0 fully saturated rings. The van der Waals surface area contributed by atoms with E-state index in [-0.39, 0.29) is 6.17 Å². The molecule has 4 heteroatoms. The highest BCUT2D eigenvalue weighted by atomic mass is 16.3. The Morgan fingerprint density at radius 3 is 2.04 bits per heavy atom. The molecular weight excluding hydrogens is 550 g/mol. The number of rotatable bonds is 4. The highest BCUT2D eigenvalue weighted by Crippen LogP contribution is 2.40. The average molecular weight is 578 g/mol. The predicted molar refractivity (Wildman–Crippen MR) is 186 cm³/mol. The van der Waals surface area contributed by atoms with Gasteiger partial charge in [-0.3, -0.25) is 0 Å². The third kappa shape index (κ3) is 4.30. The topological polar surface area (TPSA) is 49.9 Å². The molecule has 8 aromatic rings. The quantitative estimate of drug-likeness (QED) is 0.212.